The van der Waals surface area contributed by atoms with Crippen molar-refractivity contribution >= 4 is 39.6 Å². The van der Waals surface area contributed by atoms with Gasteiger partial charge in [0, 0.05) is 29.1 Å². The molecule has 0 N–H and O–H groups in total. The van der Waals surface area contributed by atoms with Crippen LogP contribution in [0.3, 0.4) is 0 Å². The van der Waals surface area contributed by atoms with Crippen molar-refractivity contribution in [2.24, 2.45) is 20.0 Å². The third-order valence-electron chi connectivity index (χ3n) is 10.4. The van der Waals surface area contributed by atoms with E-state index in [4.69, 9.17) is 0 Å². The van der Waals surface area contributed by atoms with Crippen LogP contribution in [0.5, 0.6) is 0 Å². The van der Waals surface area contributed by atoms with Crippen LogP contribution >= 0.6 is 0 Å². The number of halogens is 15. The molecule has 24 heteroatoms. The van der Waals surface area contributed by atoms with Crippen molar-refractivity contribution < 1.29 is 98.0 Å². The van der Waals surface area contributed by atoms with E-state index in [1.807, 2.05) is 18.2 Å². The summed E-state index contributed by atoms with van der Waals surface area (Å²) in [6, 6.07) is 5.72. The van der Waals surface area contributed by atoms with Gasteiger partial charge in [-0.25, -0.2) is 80.8 Å². The minimum Gasteiger partial charge on any atom is -0.877 e. The molecule has 4 aromatic rings. The van der Waals surface area contributed by atoms with Crippen LogP contribution in [0.4, 0.5) is 65.9 Å². The Morgan fingerprint density at radius 1 is 0.435 bits per heavy atom. The third kappa shape index (κ3) is 7.77. The number of aliphatic imine (C=N–C) groups is 4. The molecule has 6 heterocycles. The standard InChI is InChI=1S/C40H13F15N4O3.C5H5N.Co/c41-23-20(24(42)30(48)35(53)29(23)47)17-12-1-3-14(56-12)18(21-25(43)31(49)36(54)32(50)26(21)44)38-9(6-60)5-16(58-38)39-10(7-61)11(8-62)40(59-39)19(15-4-2-13(17)57-15)22-27(45)33(51)37(55)34(52)28(22)46;1-2-4-6-5-3-1;/h1,3,5-8,60-62H,2,4H2;1-5H;/q;;+3/p-3/b9-6+,10-7-,11-8+,17-13?,18-14?,40-19?;;. The average molecular weight is 1020 g/mol. The van der Waals surface area contributed by atoms with E-state index in [2.05, 4.69) is 25.0 Å². The van der Waals surface area contributed by atoms with E-state index in [9.17, 15) is 54.8 Å². The van der Waals surface area contributed by atoms with Crippen molar-refractivity contribution in [3.8, 4) is 0 Å². The molecular formula is C45H15CoF15N5O3. The zero-order valence-electron chi connectivity index (χ0n) is 33.2. The van der Waals surface area contributed by atoms with Crippen LogP contribution in [0.25, 0.3) is 16.7 Å². The number of allylic oxidation sites excluding steroid dienone is 10. The zero-order chi connectivity index (χ0) is 49.2. The number of nitrogens with zero attached hydrogens (tertiary/aromatic N) is 5. The second kappa shape index (κ2) is 18.7. The van der Waals surface area contributed by atoms with E-state index in [0.29, 0.717) is 18.2 Å². The molecule has 8 nitrogen and oxygen atoms in total. The monoisotopic (exact) mass is 1020 g/mol. The Bertz CT molecular complexity index is 3260. The summed E-state index contributed by atoms with van der Waals surface area (Å²) in [6.07, 6.45) is 3.35. The van der Waals surface area contributed by atoms with Crippen molar-refractivity contribution in [3.63, 3.8) is 0 Å². The smallest absolute Gasteiger partial charge is 0.877 e. The first-order valence-electron chi connectivity index (χ1n) is 18.7. The molecule has 9 rings (SSSR count). The summed E-state index contributed by atoms with van der Waals surface area (Å²) in [6.45, 7) is 0. The van der Waals surface area contributed by atoms with E-state index in [1.165, 1.54) is 0 Å². The summed E-state index contributed by atoms with van der Waals surface area (Å²) in [7, 11) is 0. The van der Waals surface area contributed by atoms with Crippen LogP contribution < -0.4 is 15.3 Å². The van der Waals surface area contributed by atoms with Gasteiger partial charge >= 0.3 is 16.8 Å². The molecule has 0 spiro atoms. The summed E-state index contributed by atoms with van der Waals surface area (Å²) in [5.74, 6) is -39.0. The Labute approximate surface area is 385 Å². The molecule has 3 aromatic carbocycles. The van der Waals surface area contributed by atoms with Gasteiger partial charge in [-0.05, 0) is 59.9 Å². The molecule has 5 aliphatic heterocycles. The van der Waals surface area contributed by atoms with Gasteiger partial charge in [-0.3, -0.25) is 9.98 Å². The van der Waals surface area contributed by atoms with Gasteiger partial charge in [0.05, 0.1) is 62.3 Å². The van der Waals surface area contributed by atoms with Crippen LogP contribution in [-0.4, -0.2) is 27.8 Å². The second-order valence-corrected chi connectivity index (χ2v) is 14.1. The largest absolute Gasteiger partial charge is 3.00 e. The fourth-order valence-electron chi connectivity index (χ4n) is 7.44. The number of pyridine rings is 1. The average Bonchev–Trinajstić information content (AvgIpc) is 4.18. The Kier molecular flexibility index (Phi) is 13.4. The van der Waals surface area contributed by atoms with E-state index in [0.717, 1.165) is 0 Å². The van der Waals surface area contributed by atoms with Gasteiger partial charge in [0.1, 0.15) is 0 Å². The number of fused-ring (bicyclic) bond motifs is 5. The summed E-state index contributed by atoms with van der Waals surface area (Å²) in [4.78, 5) is 19.7. The fraction of sp³-hybridized carbons (Fsp3) is 0.0444. The van der Waals surface area contributed by atoms with Gasteiger partial charge in [0.2, 0.25) is 17.5 Å². The second-order valence-electron chi connectivity index (χ2n) is 14.1. The van der Waals surface area contributed by atoms with Crippen LogP contribution in [0.1, 0.15) is 29.5 Å². The molecule has 0 radical (unpaired) electrons. The molecule has 0 amide bonds. The van der Waals surface area contributed by atoms with Crippen molar-refractivity contribution in [1.29, 1.82) is 0 Å². The first kappa shape index (κ1) is 49.2. The van der Waals surface area contributed by atoms with Crippen LogP contribution in [0, 0.1) is 87.3 Å². The van der Waals surface area contributed by atoms with Crippen molar-refractivity contribution in [2.75, 3.05) is 0 Å². The molecule has 0 saturated carbocycles. The van der Waals surface area contributed by atoms with E-state index in [1.54, 1.807) is 12.4 Å². The molecule has 0 atom stereocenters. The molecular weight excluding hydrogens is 1000 g/mol. The molecule has 8 bridgehead atoms. The third-order valence-corrected chi connectivity index (χ3v) is 10.4. The number of aromatic nitrogens is 1. The molecule has 0 saturated heterocycles. The molecule has 69 heavy (non-hydrogen) atoms. The predicted octanol–water partition coefficient (Wildman–Crippen LogP) is 8.17. The minimum absolute atomic E-state index is 0. The number of benzene rings is 3. The van der Waals surface area contributed by atoms with E-state index in [-0.39, 0.29) is 35.6 Å². The normalized spacial score (nSPS) is 18.0. The SMILES string of the molecule is [Co+3].[O-]/C=C1\C2=NC(=C(c3c(F)c(F)c(F)c(F)c3F)C3=NC(=C(c4c(F)c(F)c(F)c(F)c4F)C4=NC(=C(c5c(F)c(F)c(F)c(F)c5F)C5=NC2=C/C5=C\[O-])C=C4)CC3)\C1=C\[O-].c1ccncc1. The Balaban J connectivity index is 0.000000933. The van der Waals surface area contributed by atoms with Crippen LogP contribution in [0.15, 0.2) is 127 Å². The van der Waals surface area contributed by atoms with Crippen molar-refractivity contribution in [1.82, 2.24) is 4.98 Å². The first-order chi connectivity index (χ1) is 32.4. The minimum atomic E-state index is -2.69. The summed E-state index contributed by atoms with van der Waals surface area (Å²) in [5.41, 5.74) is -19.7. The molecule has 5 aliphatic rings. The molecule has 0 unspecified atom stereocenters. The quantitative estimate of drug-likeness (QED) is 0.0887. The number of hydrogen-bond acceptors (Lipinski definition) is 8. The van der Waals surface area contributed by atoms with Gasteiger partial charge in [-0.1, -0.05) is 6.07 Å². The summed E-state index contributed by atoms with van der Waals surface area (Å²) >= 11 is 0. The molecule has 1 aromatic heterocycles. The Morgan fingerprint density at radius 2 is 0.899 bits per heavy atom. The van der Waals surface area contributed by atoms with Gasteiger partial charge in [-0.2, -0.15) is 0 Å². The molecule has 0 fully saturated rings. The topological polar surface area (TPSA) is 132 Å². The first-order valence-corrected chi connectivity index (χ1v) is 18.7. The van der Waals surface area contributed by atoms with E-state index >= 15 is 26.3 Å². The summed E-state index contributed by atoms with van der Waals surface area (Å²) in [5, 5.41) is 37.8. The van der Waals surface area contributed by atoms with Gasteiger partial charge in [0.25, 0.3) is 0 Å². The van der Waals surface area contributed by atoms with Crippen LogP contribution in [-0.2, 0) is 16.8 Å². The van der Waals surface area contributed by atoms with Crippen LogP contribution in [0.2, 0.25) is 0 Å². The maximum atomic E-state index is 15.8. The number of hydrogen-bond donors (Lipinski definition) is 0. The molecule has 352 valence electrons. The Morgan fingerprint density at radius 3 is 1.33 bits per heavy atom. The van der Waals surface area contributed by atoms with E-state index < -0.39 is 196 Å². The molecule has 0 aliphatic carbocycles. The maximum absolute atomic E-state index is 15.8. The van der Waals surface area contributed by atoms with Crippen molar-refractivity contribution in [3.05, 3.63) is 211 Å². The van der Waals surface area contributed by atoms with Gasteiger partial charge in [0.15, 0.2) is 69.8 Å². The van der Waals surface area contributed by atoms with Crippen molar-refractivity contribution in [2.45, 2.75) is 12.8 Å². The van der Waals surface area contributed by atoms with Gasteiger partial charge < -0.3 is 15.3 Å². The Hall–Kier alpha value is -7.73. The summed E-state index contributed by atoms with van der Waals surface area (Å²) < 4.78 is 226. The van der Waals surface area contributed by atoms with Gasteiger partial charge in [-0.15, -0.1) is 18.8 Å². The predicted molar refractivity (Wildman–Crippen MR) is 204 cm³/mol. The fourth-order valence-corrected chi connectivity index (χ4v) is 7.44. The zero-order valence-corrected chi connectivity index (χ0v) is 34.3. The maximum Gasteiger partial charge on any atom is 3.00 e. The number of rotatable bonds is 3.